The zero-order valence-electron chi connectivity index (χ0n) is 11.3. The van der Waals surface area contributed by atoms with Crippen molar-refractivity contribution in [3.63, 3.8) is 0 Å². The predicted octanol–water partition coefficient (Wildman–Crippen LogP) is 1.90. The van der Waals surface area contributed by atoms with Crippen LogP contribution in [0.5, 0.6) is 0 Å². The van der Waals surface area contributed by atoms with Crippen molar-refractivity contribution in [3.8, 4) is 0 Å². The summed E-state index contributed by atoms with van der Waals surface area (Å²) >= 11 is 0. The Kier molecular flexibility index (Phi) is 3.43. The maximum atomic E-state index is 11.3. The van der Waals surface area contributed by atoms with Crippen molar-refractivity contribution in [2.75, 3.05) is 6.54 Å². The quantitative estimate of drug-likeness (QED) is 0.839. The molecule has 0 unspecified atom stereocenters. The van der Waals surface area contributed by atoms with Crippen LogP contribution in [-0.4, -0.2) is 37.6 Å². The Labute approximate surface area is 107 Å². The van der Waals surface area contributed by atoms with E-state index in [-0.39, 0.29) is 0 Å². The first-order chi connectivity index (χ1) is 8.46. The van der Waals surface area contributed by atoms with E-state index in [0.717, 1.165) is 5.69 Å². The molecule has 0 atom stereocenters. The van der Waals surface area contributed by atoms with Crippen molar-refractivity contribution in [1.82, 2.24) is 14.5 Å². The summed E-state index contributed by atoms with van der Waals surface area (Å²) in [7, 11) is 0. The van der Waals surface area contributed by atoms with E-state index in [9.17, 15) is 9.90 Å². The Morgan fingerprint density at radius 2 is 2.28 bits per heavy atom. The molecule has 5 heteroatoms. The summed E-state index contributed by atoms with van der Waals surface area (Å²) in [4.78, 5) is 17.5. The highest BCUT2D eigenvalue weighted by Gasteiger charge is 2.34. The van der Waals surface area contributed by atoms with Gasteiger partial charge < -0.3 is 9.67 Å². The van der Waals surface area contributed by atoms with Gasteiger partial charge in [0.15, 0.2) is 0 Å². The van der Waals surface area contributed by atoms with E-state index in [0.29, 0.717) is 19.1 Å². The van der Waals surface area contributed by atoms with Gasteiger partial charge in [-0.25, -0.2) is 4.98 Å². The number of carboxylic acids is 1. The summed E-state index contributed by atoms with van der Waals surface area (Å²) in [5.41, 5.74) is 0.251. The fourth-order valence-electron chi connectivity index (χ4n) is 2.17. The predicted molar refractivity (Wildman–Crippen MR) is 68.3 cm³/mol. The van der Waals surface area contributed by atoms with Crippen LogP contribution in [0.4, 0.5) is 0 Å². The Bertz CT molecular complexity index is 435. The molecule has 1 fully saturated rings. The molecule has 1 aromatic heterocycles. The maximum absolute atomic E-state index is 11.3. The fourth-order valence-corrected chi connectivity index (χ4v) is 2.17. The summed E-state index contributed by atoms with van der Waals surface area (Å²) < 4.78 is 2.18. The van der Waals surface area contributed by atoms with Crippen LogP contribution in [0.2, 0.25) is 0 Å². The molecule has 1 saturated carbocycles. The van der Waals surface area contributed by atoms with Crippen LogP contribution in [-0.2, 0) is 11.3 Å². The van der Waals surface area contributed by atoms with Gasteiger partial charge in [-0.2, -0.15) is 0 Å². The molecule has 18 heavy (non-hydrogen) atoms. The highest BCUT2D eigenvalue weighted by molar-refractivity contribution is 5.77. The number of hydrogen-bond acceptors (Lipinski definition) is 3. The molecule has 5 nitrogen and oxygen atoms in total. The Hall–Kier alpha value is -1.36. The maximum Gasteiger partial charge on any atom is 0.323 e. The topological polar surface area (TPSA) is 58.4 Å². The average molecular weight is 251 g/mol. The third kappa shape index (κ3) is 2.41. The molecule has 1 aliphatic carbocycles. The van der Waals surface area contributed by atoms with Gasteiger partial charge in [0, 0.05) is 18.8 Å². The summed E-state index contributed by atoms with van der Waals surface area (Å²) in [6.07, 6.45) is 6.11. The zero-order chi connectivity index (χ0) is 13.3. The smallest absolute Gasteiger partial charge is 0.323 e. The Morgan fingerprint density at radius 3 is 2.78 bits per heavy atom. The molecule has 1 N–H and O–H groups in total. The third-order valence-electron chi connectivity index (χ3n) is 3.74. The number of imidazole rings is 1. The molecular formula is C13H21N3O2. The molecule has 2 rings (SSSR count). The monoisotopic (exact) mass is 251 g/mol. The zero-order valence-corrected chi connectivity index (χ0v) is 11.3. The van der Waals surface area contributed by atoms with E-state index in [1.54, 1.807) is 13.8 Å². The Morgan fingerprint density at radius 1 is 1.61 bits per heavy atom. The minimum atomic E-state index is -0.854. The second kappa shape index (κ2) is 4.72. The summed E-state index contributed by atoms with van der Waals surface area (Å²) in [6, 6.07) is 0.578. The van der Waals surface area contributed by atoms with Crippen LogP contribution in [0.25, 0.3) is 0 Å². The molecule has 0 amide bonds. The fraction of sp³-hybridized carbons (Fsp3) is 0.692. The van der Waals surface area contributed by atoms with E-state index < -0.39 is 11.5 Å². The summed E-state index contributed by atoms with van der Waals surface area (Å²) in [5, 5.41) is 9.30. The third-order valence-corrected chi connectivity index (χ3v) is 3.74. The van der Waals surface area contributed by atoms with E-state index >= 15 is 0 Å². The number of nitrogens with zero attached hydrogens (tertiary/aromatic N) is 3. The number of rotatable bonds is 6. The lowest BCUT2D eigenvalue weighted by Gasteiger charge is -2.34. The first-order valence-corrected chi connectivity index (χ1v) is 6.46. The van der Waals surface area contributed by atoms with E-state index in [2.05, 4.69) is 9.55 Å². The highest BCUT2D eigenvalue weighted by atomic mass is 16.4. The van der Waals surface area contributed by atoms with Gasteiger partial charge in [-0.05, 0) is 33.2 Å². The second-order valence-electron chi connectivity index (χ2n) is 5.40. The minimum absolute atomic E-state index is 0.578. The summed E-state index contributed by atoms with van der Waals surface area (Å²) in [6.45, 7) is 6.82. The van der Waals surface area contributed by atoms with E-state index in [1.807, 2.05) is 24.3 Å². The van der Waals surface area contributed by atoms with Gasteiger partial charge in [-0.15, -0.1) is 0 Å². The Balaban J connectivity index is 2.15. The van der Waals surface area contributed by atoms with Gasteiger partial charge in [0.05, 0.1) is 12.0 Å². The van der Waals surface area contributed by atoms with Gasteiger partial charge in [0.2, 0.25) is 0 Å². The average Bonchev–Trinajstić information content (AvgIpc) is 3.05. The van der Waals surface area contributed by atoms with Crippen LogP contribution in [0.3, 0.4) is 0 Å². The van der Waals surface area contributed by atoms with Crippen molar-refractivity contribution in [2.24, 2.45) is 0 Å². The molecular weight excluding hydrogens is 230 g/mol. The first kappa shape index (κ1) is 13.1. The van der Waals surface area contributed by atoms with Gasteiger partial charge in [0.25, 0.3) is 0 Å². The molecule has 0 aromatic carbocycles. The molecule has 0 aliphatic heterocycles. The van der Waals surface area contributed by atoms with E-state index in [4.69, 9.17) is 0 Å². The number of aliphatic carboxylic acids is 1. The van der Waals surface area contributed by atoms with Crippen LogP contribution in [0, 0.1) is 0 Å². The molecule has 1 aliphatic rings. The number of carboxylic acid groups (broad SMARTS) is 1. The van der Waals surface area contributed by atoms with Gasteiger partial charge >= 0.3 is 5.97 Å². The molecule has 0 radical (unpaired) electrons. The number of aromatic nitrogens is 2. The number of likely N-dealkylation sites (N-methyl/N-ethyl adjacent to an activating group) is 1. The van der Waals surface area contributed by atoms with Crippen LogP contribution >= 0.6 is 0 Å². The van der Waals surface area contributed by atoms with Gasteiger partial charge in [-0.1, -0.05) is 6.92 Å². The largest absolute Gasteiger partial charge is 0.480 e. The lowest BCUT2D eigenvalue weighted by atomic mass is 10.0. The molecule has 0 spiro atoms. The molecule has 1 heterocycles. The van der Waals surface area contributed by atoms with Crippen molar-refractivity contribution in [2.45, 2.75) is 51.7 Å². The molecule has 0 saturated heterocycles. The van der Waals surface area contributed by atoms with Gasteiger partial charge in [0.1, 0.15) is 5.54 Å². The van der Waals surface area contributed by atoms with Crippen LogP contribution in [0.1, 0.15) is 45.3 Å². The second-order valence-corrected chi connectivity index (χ2v) is 5.40. The lowest BCUT2D eigenvalue weighted by Crippen LogP contribution is -2.49. The minimum Gasteiger partial charge on any atom is -0.480 e. The number of hydrogen-bond donors (Lipinski definition) is 1. The van der Waals surface area contributed by atoms with Crippen LogP contribution < -0.4 is 0 Å². The van der Waals surface area contributed by atoms with Gasteiger partial charge in [-0.3, -0.25) is 9.69 Å². The normalized spacial score (nSPS) is 16.2. The molecule has 0 bridgehead atoms. The van der Waals surface area contributed by atoms with Crippen molar-refractivity contribution >= 4 is 5.97 Å². The SMILES string of the molecule is CCN(Cc1cncn1C1CC1)C(C)(C)C(=O)O. The van der Waals surface area contributed by atoms with Crippen molar-refractivity contribution < 1.29 is 9.90 Å². The van der Waals surface area contributed by atoms with Crippen molar-refractivity contribution in [3.05, 3.63) is 18.2 Å². The first-order valence-electron chi connectivity index (χ1n) is 6.46. The van der Waals surface area contributed by atoms with Crippen LogP contribution in [0.15, 0.2) is 12.5 Å². The molecule has 1 aromatic rings. The number of carbonyl (C=O) groups is 1. The van der Waals surface area contributed by atoms with E-state index in [1.165, 1.54) is 12.8 Å². The summed E-state index contributed by atoms with van der Waals surface area (Å²) in [5.74, 6) is -0.790. The molecule has 100 valence electrons. The standard InChI is InChI=1S/C13H21N3O2/c1-4-15(13(2,3)12(17)18)8-11-7-14-9-16(11)10-5-6-10/h7,9-10H,4-6,8H2,1-3H3,(H,17,18). The highest BCUT2D eigenvalue weighted by Crippen LogP contribution is 2.36. The van der Waals surface area contributed by atoms with Crippen molar-refractivity contribution in [1.29, 1.82) is 0 Å². The lowest BCUT2D eigenvalue weighted by molar-refractivity contribution is -0.149.